The summed E-state index contributed by atoms with van der Waals surface area (Å²) in [5.41, 5.74) is 23.8. The molecule has 3 aliphatic rings. The van der Waals surface area contributed by atoms with Crippen LogP contribution in [0.1, 0.15) is 47.2 Å². The average molecular weight is 752 g/mol. The largest absolute Gasteiger partial charge is 0.310 e. The third-order valence-corrected chi connectivity index (χ3v) is 13.5. The van der Waals surface area contributed by atoms with Gasteiger partial charge in [-0.2, -0.15) is 0 Å². The molecule has 1 heteroatoms. The Morgan fingerprint density at radius 1 is 0.305 bits per heavy atom. The molecule has 9 aromatic rings. The Balaban J connectivity index is 1.12. The molecule has 0 aliphatic heterocycles. The minimum Gasteiger partial charge on any atom is -0.310 e. The fourth-order valence-corrected chi connectivity index (χ4v) is 11.0. The maximum Gasteiger partial charge on any atom is 0.0726 e. The van der Waals surface area contributed by atoms with Crippen LogP contribution in [-0.4, -0.2) is 0 Å². The van der Waals surface area contributed by atoms with Crippen LogP contribution in [0.15, 0.2) is 212 Å². The van der Waals surface area contributed by atoms with Crippen LogP contribution >= 0.6 is 0 Å². The van der Waals surface area contributed by atoms with Gasteiger partial charge >= 0.3 is 0 Å². The van der Waals surface area contributed by atoms with Gasteiger partial charge in [0.05, 0.1) is 11.1 Å². The lowest BCUT2D eigenvalue weighted by molar-refractivity contribution is 0.660. The van der Waals surface area contributed by atoms with E-state index in [0.29, 0.717) is 0 Å². The number of nitrogens with zero attached hydrogens (tertiary/aromatic N) is 1. The van der Waals surface area contributed by atoms with Gasteiger partial charge in [-0.1, -0.05) is 196 Å². The molecule has 0 saturated heterocycles. The Bertz CT molecular complexity index is 3070. The Morgan fingerprint density at radius 3 is 1.41 bits per heavy atom. The maximum absolute atomic E-state index is 2.50. The number of para-hydroxylation sites is 1. The van der Waals surface area contributed by atoms with E-state index in [1.807, 2.05) is 0 Å². The van der Waals surface area contributed by atoms with Crippen LogP contribution in [0.2, 0.25) is 0 Å². The van der Waals surface area contributed by atoms with Gasteiger partial charge in [0.25, 0.3) is 0 Å². The third kappa shape index (κ3) is 4.67. The van der Waals surface area contributed by atoms with Crippen LogP contribution in [0.3, 0.4) is 0 Å². The predicted molar refractivity (Wildman–Crippen MR) is 246 cm³/mol. The summed E-state index contributed by atoms with van der Waals surface area (Å²) in [7, 11) is 0. The molecule has 0 amide bonds. The topological polar surface area (TPSA) is 3.24 Å². The highest BCUT2D eigenvalue weighted by Gasteiger charge is 2.51. The zero-order chi connectivity index (χ0) is 39.3. The Morgan fingerprint density at radius 2 is 0.763 bits per heavy atom. The number of anilines is 3. The van der Waals surface area contributed by atoms with E-state index in [4.69, 9.17) is 0 Å². The minimum atomic E-state index is -0.437. The van der Waals surface area contributed by atoms with Crippen LogP contribution in [0.25, 0.3) is 55.6 Å². The highest BCUT2D eigenvalue weighted by molar-refractivity contribution is 6.00. The molecule has 0 bridgehead atoms. The second-order valence-corrected chi connectivity index (χ2v) is 16.8. The van der Waals surface area contributed by atoms with Gasteiger partial charge in [0.15, 0.2) is 0 Å². The zero-order valence-corrected chi connectivity index (χ0v) is 33.2. The van der Waals surface area contributed by atoms with Crippen molar-refractivity contribution in [2.24, 2.45) is 0 Å². The standard InChI is InChI=1S/C58H41N/c1-57(2)49-25-11-9-23-48(49)56-47(24-16-29-53(56)57)46-22-10-15-30-55(46)59(40-33-31-39(32-34-40)38-17-4-3-5-18-38)41-35-36-45-44-21-8-14-28-52(44)58(54(45)37-41)50-26-12-6-19-42(50)43-20-7-13-27-51(43)58/h3-37H,1-2H3. The smallest absolute Gasteiger partial charge is 0.0726 e. The fraction of sp³-hybridized carbons (Fsp3) is 0.0690. The lowest BCUT2D eigenvalue weighted by atomic mass is 9.70. The Labute approximate surface area is 346 Å². The molecule has 3 aliphatic carbocycles. The van der Waals surface area contributed by atoms with Gasteiger partial charge in [0.2, 0.25) is 0 Å². The van der Waals surface area contributed by atoms with Gasteiger partial charge in [0, 0.05) is 22.4 Å². The van der Waals surface area contributed by atoms with E-state index in [1.165, 1.54) is 89.0 Å². The summed E-state index contributed by atoms with van der Waals surface area (Å²) >= 11 is 0. The fourth-order valence-electron chi connectivity index (χ4n) is 11.0. The molecule has 0 heterocycles. The summed E-state index contributed by atoms with van der Waals surface area (Å²) in [5, 5.41) is 0. The van der Waals surface area contributed by atoms with Gasteiger partial charge in [0.1, 0.15) is 0 Å². The summed E-state index contributed by atoms with van der Waals surface area (Å²) in [6, 6.07) is 79.2. The molecule has 0 fully saturated rings. The molecule has 0 aromatic heterocycles. The summed E-state index contributed by atoms with van der Waals surface area (Å²) in [6.07, 6.45) is 0. The molecule has 0 unspecified atom stereocenters. The van der Waals surface area contributed by atoms with Crippen LogP contribution < -0.4 is 4.90 Å². The van der Waals surface area contributed by atoms with Crippen molar-refractivity contribution in [2.75, 3.05) is 4.90 Å². The molecule has 278 valence electrons. The molecule has 0 N–H and O–H groups in total. The van der Waals surface area contributed by atoms with Crippen LogP contribution in [0.5, 0.6) is 0 Å². The van der Waals surface area contributed by atoms with Gasteiger partial charge in [-0.05, 0) is 114 Å². The first-order chi connectivity index (χ1) is 29.0. The average Bonchev–Trinajstić information content (AvgIpc) is 3.86. The normalized spacial score (nSPS) is 14.2. The lowest BCUT2D eigenvalue weighted by Crippen LogP contribution is -2.26. The molecule has 0 atom stereocenters. The summed E-state index contributed by atoms with van der Waals surface area (Å²) in [4.78, 5) is 2.50. The van der Waals surface area contributed by atoms with Crippen molar-refractivity contribution in [2.45, 2.75) is 24.7 Å². The third-order valence-electron chi connectivity index (χ3n) is 13.5. The second kappa shape index (κ2) is 12.6. The SMILES string of the molecule is CC1(C)c2ccccc2-c2c(-c3ccccc3N(c3ccc(-c4ccccc4)cc3)c3ccc4c(c3)C3(c5ccccc5-c5ccccc53)c3ccccc3-4)cccc21. The van der Waals surface area contributed by atoms with Crippen molar-refractivity contribution in [3.05, 3.63) is 246 Å². The molecule has 9 aromatic carbocycles. The first-order valence-electron chi connectivity index (χ1n) is 20.8. The molecule has 0 radical (unpaired) electrons. The van der Waals surface area contributed by atoms with Crippen molar-refractivity contribution in [1.29, 1.82) is 0 Å². The highest BCUT2D eigenvalue weighted by Crippen LogP contribution is 2.63. The molecular weight excluding hydrogens is 711 g/mol. The summed E-state index contributed by atoms with van der Waals surface area (Å²) in [6.45, 7) is 4.73. The summed E-state index contributed by atoms with van der Waals surface area (Å²) in [5.74, 6) is 0. The zero-order valence-electron chi connectivity index (χ0n) is 33.2. The van der Waals surface area contributed by atoms with E-state index >= 15 is 0 Å². The molecule has 1 spiro atoms. The highest BCUT2D eigenvalue weighted by atomic mass is 15.1. The molecule has 12 rings (SSSR count). The van der Waals surface area contributed by atoms with Crippen molar-refractivity contribution >= 4 is 17.1 Å². The van der Waals surface area contributed by atoms with E-state index in [0.717, 1.165) is 17.1 Å². The van der Waals surface area contributed by atoms with Gasteiger partial charge in [-0.15, -0.1) is 0 Å². The van der Waals surface area contributed by atoms with Crippen molar-refractivity contribution in [3.8, 4) is 55.6 Å². The van der Waals surface area contributed by atoms with E-state index in [-0.39, 0.29) is 5.41 Å². The number of benzene rings is 9. The first-order valence-corrected chi connectivity index (χ1v) is 20.8. The minimum absolute atomic E-state index is 0.0962. The number of hydrogen-bond acceptors (Lipinski definition) is 1. The predicted octanol–water partition coefficient (Wildman–Crippen LogP) is 15.1. The molecule has 1 nitrogen and oxygen atoms in total. The number of rotatable bonds is 5. The second-order valence-electron chi connectivity index (χ2n) is 16.8. The monoisotopic (exact) mass is 751 g/mol. The van der Waals surface area contributed by atoms with Gasteiger partial charge in [-0.25, -0.2) is 0 Å². The van der Waals surface area contributed by atoms with Crippen LogP contribution in [0, 0.1) is 0 Å². The van der Waals surface area contributed by atoms with E-state index < -0.39 is 5.41 Å². The molecule has 59 heavy (non-hydrogen) atoms. The maximum atomic E-state index is 2.50. The van der Waals surface area contributed by atoms with Crippen molar-refractivity contribution in [3.63, 3.8) is 0 Å². The quantitative estimate of drug-likeness (QED) is 0.169. The van der Waals surface area contributed by atoms with Crippen molar-refractivity contribution in [1.82, 2.24) is 0 Å². The van der Waals surface area contributed by atoms with Gasteiger partial charge < -0.3 is 4.90 Å². The van der Waals surface area contributed by atoms with Crippen LogP contribution in [0.4, 0.5) is 17.1 Å². The van der Waals surface area contributed by atoms with Crippen LogP contribution in [-0.2, 0) is 10.8 Å². The Hall–Kier alpha value is -7.22. The van der Waals surface area contributed by atoms with E-state index in [1.54, 1.807) is 0 Å². The van der Waals surface area contributed by atoms with Gasteiger partial charge in [-0.3, -0.25) is 0 Å². The lowest BCUT2D eigenvalue weighted by Gasteiger charge is -2.33. The van der Waals surface area contributed by atoms with Crippen molar-refractivity contribution < 1.29 is 0 Å². The number of fused-ring (bicyclic) bond motifs is 13. The first kappa shape index (κ1) is 33.9. The molecular formula is C58H41N. The van der Waals surface area contributed by atoms with E-state index in [9.17, 15) is 0 Å². The summed E-state index contributed by atoms with van der Waals surface area (Å²) < 4.78 is 0. The Kier molecular flexibility index (Phi) is 7.26. The molecule has 0 saturated carbocycles. The van der Waals surface area contributed by atoms with E-state index in [2.05, 4.69) is 231 Å². The number of hydrogen-bond donors (Lipinski definition) is 0.